The van der Waals surface area contributed by atoms with Crippen molar-refractivity contribution in [1.29, 1.82) is 0 Å². The topological polar surface area (TPSA) is 76.4 Å². The van der Waals surface area contributed by atoms with Crippen LogP contribution in [0.4, 0.5) is 4.79 Å². The summed E-state index contributed by atoms with van der Waals surface area (Å²) < 4.78 is 5.47. The summed E-state index contributed by atoms with van der Waals surface area (Å²) in [7, 11) is 0. The van der Waals surface area contributed by atoms with Gasteiger partial charge in [0.05, 0.1) is 12.2 Å². The lowest BCUT2D eigenvalue weighted by Gasteiger charge is -2.11. The van der Waals surface area contributed by atoms with Crippen molar-refractivity contribution in [3.63, 3.8) is 0 Å². The van der Waals surface area contributed by atoms with E-state index in [1.165, 1.54) is 0 Å². The molecule has 0 aromatic heterocycles. The lowest BCUT2D eigenvalue weighted by Crippen LogP contribution is -2.42. The molecule has 0 radical (unpaired) electrons. The van der Waals surface area contributed by atoms with Crippen LogP contribution in [0.2, 0.25) is 0 Å². The molecule has 5 heteroatoms. The summed E-state index contributed by atoms with van der Waals surface area (Å²) in [4.78, 5) is 10.6. The lowest BCUT2D eigenvalue weighted by molar-refractivity contribution is 0.0574. The van der Waals surface area contributed by atoms with Crippen LogP contribution in [-0.4, -0.2) is 24.8 Å². The van der Waals surface area contributed by atoms with Crippen molar-refractivity contribution in [1.82, 2.24) is 10.7 Å². The van der Waals surface area contributed by atoms with Gasteiger partial charge in [-0.3, -0.25) is 5.43 Å². The molecule has 2 amide bonds. The summed E-state index contributed by atoms with van der Waals surface area (Å²) in [6.45, 7) is 2.57. The van der Waals surface area contributed by atoms with E-state index in [2.05, 4.69) is 5.32 Å². The number of hydrazine groups is 1. The Morgan fingerprint density at radius 3 is 2.92 bits per heavy atom. The van der Waals surface area contributed by atoms with Crippen LogP contribution in [0.1, 0.15) is 19.8 Å². The Hall–Kier alpha value is -0.810. The minimum atomic E-state index is -0.363. The quantitative estimate of drug-likeness (QED) is 0.305. The van der Waals surface area contributed by atoms with Crippen LogP contribution in [0.5, 0.6) is 0 Å². The molecule has 0 aliphatic carbocycles. The molecule has 1 heterocycles. The molecule has 1 aliphatic heterocycles. The first-order valence-corrected chi connectivity index (χ1v) is 4.12. The van der Waals surface area contributed by atoms with Crippen LogP contribution in [0.25, 0.3) is 0 Å². The first-order valence-electron chi connectivity index (χ1n) is 4.12. The number of rotatable bonds is 2. The molecule has 0 spiro atoms. The minimum Gasteiger partial charge on any atom is -0.373 e. The zero-order valence-corrected chi connectivity index (χ0v) is 7.17. The zero-order valence-electron chi connectivity index (χ0n) is 7.17. The molecule has 5 nitrogen and oxygen atoms in total. The third kappa shape index (κ3) is 2.67. The van der Waals surface area contributed by atoms with E-state index in [1.54, 1.807) is 0 Å². The van der Waals surface area contributed by atoms with Crippen molar-refractivity contribution >= 4 is 6.03 Å². The molecule has 1 rings (SSSR count). The van der Waals surface area contributed by atoms with Gasteiger partial charge in [0.2, 0.25) is 0 Å². The van der Waals surface area contributed by atoms with Crippen molar-refractivity contribution in [2.45, 2.75) is 32.0 Å². The molecule has 1 fully saturated rings. The SMILES string of the molecule is CC1CCC(CNC(=O)NN)O1. The molecule has 0 aromatic carbocycles. The lowest BCUT2D eigenvalue weighted by atomic mass is 10.2. The fourth-order valence-corrected chi connectivity index (χ4v) is 1.29. The average molecular weight is 173 g/mol. The second kappa shape index (κ2) is 4.27. The Labute approximate surface area is 71.6 Å². The molecule has 1 saturated heterocycles. The van der Waals surface area contributed by atoms with E-state index in [0.717, 1.165) is 12.8 Å². The van der Waals surface area contributed by atoms with Gasteiger partial charge in [-0.2, -0.15) is 0 Å². The van der Waals surface area contributed by atoms with Crippen LogP contribution >= 0.6 is 0 Å². The predicted octanol–water partition coefficient (Wildman–Crippen LogP) is -0.273. The number of carbonyl (C=O) groups is 1. The van der Waals surface area contributed by atoms with Crippen molar-refractivity contribution in [3.05, 3.63) is 0 Å². The maximum atomic E-state index is 10.6. The third-order valence-corrected chi connectivity index (χ3v) is 1.94. The normalized spacial score (nSPS) is 28.5. The fourth-order valence-electron chi connectivity index (χ4n) is 1.29. The Morgan fingerprint density at radius 1 is 1.67 bits per heavy atom. The van der Waals surface area contributed by atoms with Gasteiger partial charge in [-0.25, -0.2) is 10.6 Å². The van der Waals surface area contributed by atoms with Gasteiger partial charge in [0.25, 0.3) is 0 Å². The highest BCUT2D eigenvalue weighted by Crippen LogP contribution is 2.17. The summed E-state index contributed by atoms with van der Waals surface area (Å²) in [6, 6.07) is -0.363. The van der Waals surface area contributed by atoms with Crippen LogP contribution in [0.15, 0.2) is 0 Å². The van der Waals surface area contributed by atoms with E-state index < -0.39 is 0 Å². The maximum absolute atomic E-state index is 10.6. The van der Waals surface area contributed by atoms with Gasteiger partial charge in [0.15, 0.2) is 0 Å². The number of carbonyl (C=O) groups excluding carboxylic acids is 1. The van der Waals surface area contributed by atoms with Gasteiger partial charge in [0.1, 0.15) is 0 Å². The summed E-state index contributed by atoms with van der Waals surface area (Å²) in [5.41, 5.74) is 1.99. The van der Waals surface area contributed by atoms with Gasteiger partial charge in [-0.1, -0.05) is 0 Å². The zero-order chi connectivity index (χ0) is 8.97. The standard InChI is InChI=1S/C7H15N3O2/c1-5-2-3-6(12-5)4-9-7(11)10-8/h5-6H,2-4,8H2,1H3,(H2,9,10,11). The molecular formula is C7H15N3O2. The molecule has 2 unspecified atom stereocenters. The van der Waals surface area contributed by atoms with Crippen molar-refractivity contribution < 1.29 is 9.53 Å². The smallest absolute Gasteiger partial charge is 0.328 e. The average Bonchev–Trinajstić information content (AvgIpc) is 2.47. The molecular weight excluding hydrogens is 158 g/mol. The van der Waals surface area contributed by atoms with E-state index in [9.17, 15) is 4.79 Å². The summed E-state index contributed by atoms with van der Waals surface area (Å²) in [5.74, 6) is 4.88. The number of amides is 2. The summed E-state index contributed by atoms with van der Waals surface area (Å²) in [6.07, 6.45) is 2.54. The molecule has 0 bridgehead atoms. The number of ether oxygens (including phenoxy) is 1. The predicted molar refractivity (Wildman–Crippen MR) is 44.3 cm³/mol. The highest BCUT2D eigenvalue weighted by atomic mass is 16.5. The highest BCUT2D eigenvalue weighted by Gasteiger charge is 2.21. The number of urea groups is 1. The van der Waals surface area contributed by atoms with Crippen LogP contribution in [0.3, 0.4) is 0 Å². The number of nitrogens with two attached hydrogens (primary N) is 1. The summed E-state index contributed by atoms with van der Waals surface area (Å²) in [5, 5.41) is 2.59. The van der Waals surface area contributed by atoms with Gasteiger partial charge in [-0.15, -0.1) is 0 Å². The maximum Gasteiger partial charge on any atom is 0.328 e. The monoisotopic (exact) mass is 173 g/mol. The fraction of sp³-hybridized carbons (Fsp3) is 0.857. The Bertz CT molecular complexity index is 163. The van der Waals surface area contributed by atoms with E-state index >= 15 is 0 Å². The number of hydrogen-bond donors (Lipinski definition) is 3. The molecule has 2 atom stereocenters. The van der Waals surface area contributed by atoms with Gasteiger partial charge in [-0.05, 0) is 19.8 Å². The molecule has 70 valence electrons. The first-order chi connectivity index (χ1) is 5.72. The first kappa shape index (κ1) is 9.28. The van der Waals surface area contributed by atoms with Crippen LogP contribution < -0.4 is 16.6 Å². The minimum absolute atomic E-state index is 0.150. The van der Waals surface area contributed by atoms with Crippen molar-refractivity contribution in [3.8, 4) is 0 Å². The molecule has 1 aliphatic rings. The number of hydrogen-bond acceptors (Lipinski definition) is 3. The molecule has 4 N–H and O–H groups in total. The van der Waals surface area contributed by atoms with Crippen LogP contribution in [0, 0.1) is 0 Å². The molecule has 0 saturated carbocycles. The Morgan fingerprint density at radius 2 is 2.42 bits per heavy atom. The van der Waals surface area contributed by atoms with E-state index in [1.807, 2.05) is 12.3 Å². The van der Waals surface area contributed by atoms with Crippen molar-refractivity contribution in [2.75, 3.05) is 6.54 Å². The van der Waals surface area contributed by atoms with E-state index in [0.29, 0.717) is 12.6 Å². The van der Waals surface area contributed by atoms with Gasteiger partial charge in [0, 0.05) is 6.54 Å². The van der Waals surface area contributed by atoms with Gasteiger partial charge >= 0.3 is 6.03 Å². The largest absolute Gasteiger partial charge is 0.373 e. The van der Waals surface area contributed by atoms with Gasteiger partial charge < -0.3 is 10.1 Å². The second-order valence-corrected chi connectivity index (χ2v) is 3.00. The highest BCUT2D eigenvalue weighted by molar-refractivity contribution is 5.72. The second-order valence-electron chi connectivity index (χ2n) is 3.00. The van der Waals surface area contributed by atoms with E-state index in [-0.39, 0.29) is 12.1 Å². The summed E-state index contributed by atoms with van der Waals surface area (Å²) >= 11 is 0. The molecule has 12 heavy (non-hydrogen) atoms. The van der Waals surface area contributed by atoms with Crippen LogP contribution in [-0.2, 0) is 4.74 Å². The Kier molecular flexibility index (Phi) is 3.31. The number of nitrogens with one attached hydrogen (secondary N) is 2. The Balaban J connectivity index is 2.11. The van der Waals surface area contributed by atoms with E-state index in [4.69, 9.17) is 10.6 Å². The third-order valence-electron chi connectivity index (χ3n) is 1.94. The van der Waals surface area contributed by atoms with Crippen molar-refractivity contribution in [2.24, 2.45) is 5.84 Å². The molecule has 0 aromatic rings.